The second kappa shape index (κ2) is 8.85. The predicted molar refractivity (Wildman–Crippen MR) is 112 cm³/mol. The van der Waals surface area contributed by atoms with Gasteiger partial charge in [0.1, 0.15) is 5.75 Å². The van der Waals surface area contributed by atoms with Crippen molar-refractivity contribution >= 4 is 17.4 Å². The number of hydrogen-bond donors (Lipinski definition) is 1. The van der Waals surface area contributed by atoms with Crippen LogP contribution in [0.5, 0.6) is 5.75 Å². The normalized spacial score (nSPS) is 11.2. The summed E-state index contributed by atoms with van der Waals surface area (Å²) < 4.78 is 5.73. The molecule has 5 nitrogen and oxygen atoms in total. The number of nitrogens with zero attached hydrogens (tertiary/aromatic N) is 1. The van der Waals surface area contributed by atoms with E-state index < -0.39 is 6.10 Å². The summed E-state index contributed by atoms with van der Waals surface area (Å²) in [7, 11) is 0. The summed E-state index contributed by atoms with van der Waals surface area (Å²) in [6.45, 7) is 3.15. The fraction of sp³-hybridized carbons (Fsp3) is 0.125. The Morgan fingerprint density at radius 3 is 2.17 bits per heavy atom. The first-order valence-corrected chi connectivity index (χ1v) is 9.15. The summed E-state index contributed by atoms with van der Waals surface area (Å²) in [5.41, 5.74) is 3.68. The average Bonchev–Trinajstić information content (AvgIpc) is 2.74. The van der Waals surface area contributed by atoms with E-state index in [1.165, 1.54) is 6.92 Å². The van der Waals surface area contributed by atoms with E-state index in [1.54, 1.807) is 55.5 Å². The molecule has 0 radical (unpaired) electrons. The Hall–Kier alpha value is -3.91. The summed E-state index contributed by atoms with van der Waals surface area (Å²) in [6, 6.07) is 23.6. The first-order chi connectivity index (χ1) is 14.0. The molecule has 0 aromatic heterocycles. The first kappa shape index (κ1) is 19.8. The molecule has 5 heteroatoms. The molecule has 1 amide bonds. The van der Waals surface area contributed by atoms with Crippen molar-refractivity contribution in [1.29, 1.82) is 5.26 Å². The summed E-state index contributed by atoms with van der Waals surface area (Å²) in [5, 5.41) is 11.6. The number of nitrogens with one attached hydrogen (secondary N) is 1. The fourth-order valence-corrected chi connectivity index (χ4v) is 2.78. The standard InChI is InChI=1S/C24H20N2O3/c1-16(27)21-4-3-5-22(14-21)26-24(28)17(2)29-23-12-10-20(11-13-23)19-8-6-18(15-25)7-9-19/h3-14,17H,1-2H3,(H,26,28). The minimum Gasteiger partial charge on any atom is -0.481 e. The zero-order valence-corrected chi connectivity index (χ0v) is 16.2. The summed E-state index contributed by atoms with van der Waals surface area (Å²) in [6.07, 6.45) is -0.711. The lowest BCUT2D eigenvalue weighted by Crippen LogP contribution is -2.30. The molecule has 0 aliphatic heterocycles. The third-order valence-corrected chi connectivity index (χ3v) is 4.42. The number of amides is 1. The van der Waals surface area contributed by atoms with Crippen molar-refractivity contribution in [3.8, 4) is 22.9 Å². The molecule has 3 aromatic carbocycles. The summed E-state index contributed by atoms with van der Waals surface area (Å²) >= 11 is 0. The highest BCUT2D eigenvalue weighted by atomic mass is 16.5. The van der Waals surface area contributed by atoms with Crippen molar-refractivity contribution in [3.63, 3.8) is 0 Å². The predicted octanol–water partition coefficient (Wildman–Crippen LogP) is 4.83. The Labute approximate surface area is 169 Å². The molecule has 0 spiro atoms. The van der Waals surface area contributed by atoms with Crippen molar-refractivity contribution in [2.24, 2.45) is 0 Å². The van der Waals surface area contributed by atoms with Gasteiger partial charge in [-0.2, -0.15) is 5.26 Å². The second-order valence-corrected chi connectivity index (χ2v) is 6.60. The van der Waals surface area contributed by atoms with Crippen LogP contribution in [-0.2, 0) is 4.79 Å². The monoisotopic (exact) mass is 384 g/mol. The molecule has 0 heterocycles. The van der Waals surface area contributed by atoms with Crippen LogP contribution in [-0.4, -0.2) is 17.8 Å². The molecule has 3 aromatic rings. The molecule has 0 saturated heterocycles. The molecule has 1 N–H and O–H groups in total. The van der Waals surface area contributed by atoms with E-state index in [0.717, 1.165) is 11.1 Å². The van der Waals surface area contributed by atoms with Gasteiger partial charge in [0.05, 0.1) is 11.6 Å². The van der Waals surface area contributed by atoms with Crippen LogP contribution < -0.4 is 10.1 Å². The molecular formula is C24H20N2O3. The molecular weight excluding hydrogens is 364 g/mol. The van der Waals surface area contributed by atoms with E-state index in [2.05, 4.69) is 11.4 Å². The van der Waals surface area contributed by atoms with E-state index in [4.69, 9.17) is 10.00 Å². The smallest absolute Gasteiger partial charge is 0.265 e. The number of hydrogen-bond acceptors (Lipinski definition) is 4. The van der Waals surface area contributed by atoms with E-state index >= 15 is 0 Å². The molecule has 29 heavy (non-hydrogen) atoms. The third kappa shape index (κ3) is 5.08. The number of carbonyl (C=O) groups is 2. The van der Waals surface area contributed by atoms with Gasteiger partial charge < -0.3 is 10.1 Å². The lowest BCUT2D eigenvalue weighted by molar-refractivity contribution is -0.122. The molecule has 0 saturated carbocycles. The van der Waals surface area contributed by atoms with Crippen LogP contribution in [0.15, 0.2) is 72.8 Å². The van der Waals surface area contributed by atoms with E-state index in [0.29, 0.717) is 22.6 Å². The van der Waals surface area contributed by atoms with Crippen molar-refractivity contribution in [2.45, 2.75) is 20.0 Å². The highest BCUT2D eigenvalue weighted by Crippen LogP contribution is 2.23. The maximum atomic E-state index is 12.4. The number of carbonyl (C=O) groups excluding carboxylic acids is 2. The van der Waals surface area contributed by atoms with Gasteiger partial charge in [0.25, 0.3) is 5.91 Å². The molecule has 1 atom stereocenters. The maximum absolute atomic E-state index is 12.4. The van der Waals surface area contributed by atoms with Gasteiger partial charge in [0, 0.05) is 11.3 Å². The van der Waals surface area contributed by atoms with Crippen LogP contribution in [0.2, 0.25) is 0 Å². The Kier molecular flexibility index (Phi) is 6.06. The Balaban J connectivity index is 1.63. The van der Waals surface area contributed by atoms with Crippen molar-refractivity contribution in [3.05, 3.63) is 83.9 Å². The van der Waals surface area contributed by atoms with Gasteiger partial charge in [-0.25, -0.2) is 0 Å². The second-order valence-electron chi connectivity index (χ2n) is 6.60. The zero-order valence-electron chi connectivity index (χ0n) is 16.2. The molecule has 0 aliphatic carbocycles. The van der Waals surface area contributed by atoms with Crippen LogP contribution in [0.4, 0.5) is 5.69 Å². The third-order valence-electron chi connectivity index (χ3n) is 4.42. The number of anilines is 1. The van der Waals surface area contributed by atoms with Gasteiger partial charge in [-0.3, -0.25) is 9.59 Å². The molecule has 0 fully saturated rings. The topological polar surface area (TPSA) is 79.2 Å². The average molecular weight is 384 g/mol. The highest BCUT2D eigenvalue weighted by molar-refractivity contribution is 5.98. The number of ether oxygens (including phenoxy) is 1. The number of Topliss-reactive ketones (excluding diaryl/α,β-unsaturated/α-hetero) is 1. The summed E-state index contributed by atoms with van der Waals surface area (Å²) in [5.74, 6) is 0.206. The zero-order chi connectivity index (χ0) is 20.8. The Bertz CT molecular complexity index is 1060. The highest BCUT2D eigenvalue weighted by Gasteiger charge is 2.15. The Morgan fingerprint density at radius 2 is 1.59 bits per heavy atom. The number of benzene rings is 3. The first-order valence-electron chi connectivity index (χ1n) is 9.15. The van der Waals surface area contributed by atoms with Gasteiger partial charge in [-0.1, -0.05) is 36.4 Å². The molecule has 3 rings (SSSR count). The van der Waals surface area contributed by atoms with E-state index in [1.807, 2.05) is 24.3 Å². The SMILES string of the molecule is CC(=O)c1cccc(NC(=O)C(C)Oc2ccc(-c3ccc(C#N)cc3)cc2)c1. The minimum atomic E-state index is -0.711. The van der Waals surface area contributed by atoms with E-state index in [9.17, 15) is 9.59 Å². The maximum Gasteiger partial charge on any atom is 0.265 e. The quantitative estimate of drug-likeness (QED) is 0.617. The molecule has 0 aliphatic rings. The van der Waals surface area contributed by atoms with Crippen LogP contribution >= 0.6 is 0 Å². The Morgan fingerprint density at radius 1 is 0.966 bits per heavy atom. The lowest BCUT2D eigenvalue weighted by atomic mass is 10.0. The largest absolute Gasteiger partial charge is 0.481 e. The van der Waals surface area contributed by atoms with Crippen LogP contribution in [0.1, 0.15) is 29.8 Å². The summed E-state index contributed by atoms with van der Waals surface area (Å²) in [4.78, 5) is 23.9. The molecule has 0 bridgehead atoms. The number of nitriles is 1. The number of ketones is 1. The van der Waals surface area contributed by atoms with Gasteiger partial charge in [-0.05, 0) is 61.4 Å². The van der Waals surface area contributed by atoms with E-state index in [-0.39, 0.29) is 11.7 Å². The van der Waals surface area contributed by atoms with Crippen LogP contribution in [0.25, 0.3) is 11.1 Å². The number of rotatable bonds is 6. The fourth-order valence-electron chi connectivity index (χ4n) is 2.78. The molecule has 144 valence electrons. The molecule has 1 unspecified atom stereocenters. The lowest BCUT2D eigenvalue weighted by Gasteiger charge is -2.15. The van der Waals surface area contributed by atoms with Crippen molar-refractivity contribution < 1.29 is 14.3 Å². The van der Waals surface area contributed by atoms with Crippen molar-refractivity contribution in [2.75, 3.05) is 5.32 Å². The van der Waals surface area contributed by atoms with Crippen molar-refractivity contribution in [1.82, 2.24) is 0 Å². The van der Waals surface area contributed by atoms with Gasteiger partial charge in [0.2, 0.25) is 0 Å². The van der Waals surface area contributed by atoms with Gasteiger partial charge in [0.15, 0.2) is 11.9 Å². The van der Waals surface area contributed by atoms with Gasteiger partial charge >= 0.3 is 0 Å². The minimum absolute atomic E-state index is 0.0623. The van der Waals surface area contributed by atoms with Gasteiger partial charge in [-0.15, -0.1) is 0 Å². The van der Waals surface area contributed by atoms with Crippen LogP contribution in [0, 0.1) is 11.3 Å². The van der Waals surface area contributed by atoms with Crippen LogP contribution in [0.3, 0.4) is 0 Å².